The number of unbranched alkanes of at least 4 members (excludes halogenated alkanes) is 5. The highest BCUT2D eigenvalue weighted by molar-refractivity contribution is 5.94. The fourth-order valence-corrected chi connectivity index (χ4v) is 5.10. The van der Waals surface area contributed by atoms with Crippen LogP contribution >= 0.6 is 0 Å². The summed E-state index contributed by atoms with van der Waals surface area (Å²) in [5.74, 6) is -6.08. The van der Waals surface area contributed by atoms with Crippen molar-refractivity contribution in [2.75, 3.05) is 13.1 Å². The molecule has 0 radical (unpaired) electrons. The van der Waals surface area contributed by atoms with Gasteiger partial charge in [-0.1, -0.05) is 25.0 Å². The molecule has 0 bridgehead atoms. The third kappa shape index (κ3) is 22.7. The second-order valence-electron chi connectivity index (χ2n) is 12.7. The molecule has 0 aromatic heterocycles. The number of aliphatic imine (C=N–C) groups is 1. The SMILES string of the molecule is NC(N)=NCc1ccc(C(=O)NCCCCC(NC(=O)CCCCCCC(=O)NCCCCC(NC(=O)N[C@@H](CCC(=O)O)C(=O)O)C(=O)O)C(=O)O)cc1. The van der Waals surface area contributed by atoms with Crippen LogP contribution in [0.5, 0.6) is 0 Å². The topological polar surface area (TPSA) is 342 Å². The Balaban J connectivity index is 2.19. The van der Waals surface area contributed by atoms with Crippen molar-refractivity contribution in [2.45, 2.75) is 115 Å². The fraction of sp³-hybridized carbons (Fsp3) is 0.571. The van der Waals surface area contributed by atoms with E-state index in [9.17, 15) is 48.6 Å². The number of rotatable bonds is 29. The van der Waals surface area contributed by atoms with E-state index >= 15 is 0 Å². The van der Waals surface area contributed by atoms with Crippen molar-refractivity contribution >= 4 is 53.6 Å². The Morgan fingerprint density at radius 2 is 1.05 bits per heavy atom. The first kappa shape index (κ1) is 47.1. The van der Waals surface area contributed by atoms with E-state index in [4.69, 9.17) is 21.7 Å². The van der Waals surface area contributed by atoms with Gasteiger partial charge in [0.25, 0.3) is 5.91 Å². The zero-order valence-electron chi connectivity index (χ0n) is 30.7. The molecule has 306 valence electrons. The minimum absolute atomic E-state index is 0.00731. The van der Waals surface area contributed by atoms with Crippen LogP contribution in [0.2, 0.25) is 0 Å². The van der Waals surface area contributed by atoms with Gasteiger partial charge in [-0.25, -0.2) is 24.2 Å². The molecular formula is C35H54N8O12. The number of carboxylic acids is 4. The highest BCUT2D eigenvalue weighted by Crippen LogP contribution is 2.09. The van der Waals surface area contributed by atoms with E-state index in [1.54, 1.807) is 24.3 Å². The number of hydrogen-bond acceptors (Lipinski definition) is 9. The lowest BCUT2D eigenvalue weighted by Gasteiger charge is -2.18. The molecule has 1 rings (SSSR count). The van der Waals surface area contributed by atoms with Crippen LogP contribution in [0.3, 0.4) is 0 Å². The van der Waals surface area contributed by atoms with Gasteiger partial charge in [-0.3, -0.25) is 19.2 Å². The molecule has 0 spiro atoms. The molecule has 2 unspecified atom stereocenters. The highest BCUT2D eigenvalue weighted by atomic mass is 16.4. The quantitative estimate of drug-likeness (QED) is 0.0302. The second kappa shape index (κ2) is 26.8. The minimum Gasteiger partial charge on any atom is -0.481 e. The summed E-state index contributed by atoms with van der Waals surface area (Å²) in [6, 6.07) is 1.85. The first-order chi connectivity index (χ1) is 26.1. The summed E-state index contributed by atoms with van der Waals surface area (Å²) in [5.41, 5.74) is 11.9. The first-order valence-electron chi connectivity index (χ1n) is 18.0. The molecule has 0 fully saturated rings. The van der Waals surface area contributed by atoms with Gasteiger partial charge in [-0.05, 0) is 75.5 Å². The molecule has 0 saturated carbocycles. The number of nitrogens with one attached hydrogen (secondary N) is 5. The number of hydrogen-bond donors (Lipinski definition) is 11. The van der Waals surface area contributed by atoms with Crippen LogP contribution in [-0.4, -0.2) is 105 Å². The zero-order valence-corrected chi connectivity index (χ0v) is 30.7. The van der Waals surface area contributed by atoms with E-state index in [1.807, 2.05) is 0 Å². The third-order valence-corrected chi connectivity index (χ3v) is 8.15. The van der Waals surface area contributed by atoms with Gasteiger partial charge in [0.05, 0.1) is 6.54 Å². The number of benzene rings is 1. The molecule has 0 heterocycles. The molecule has 20 nitrogen and oxygen atoms in total. The Morgan fingerprint density at radius 3 is 1.56 bits per heavy atom. The van der Waals surface area contributed by atoms with Crippen molar-refractivity contribution in [3.8, 4) is 0 Å². The van der Waals surface area contributed by atoms with Crippen LogP contribution in [0.1, 0.15) is 106 Å². The number of aliphatic carboxylic acids is 4. The van der Waals surface area contributed by atoms with E-state index in [0.29, 0.717) is 70.0 Å². The molecule has 20 heteroatoms. The minimum atomic E-state index is -1.50. The average Bonchev–Trinajstić information content (AvgIpc) is 3.12. The van der Waals surface area contributed by atoms with Crippen molar-refractivity contribution in [1.82, 2.24) is 26.6 Å². The zero-order chi connectivity index (χ0) is 41.2. The van der Waals surface area contributed by atoms with Crippen LogP contribution in [0.25, 0.3) is 0 Å². The van der Waals surface area contributed by atoms with Crippen LogP contribution in [-0.2, 0) is 35.3 Å². The van der Waals surface area contributed by atoms with Gasteiger partial charge in [0.1, 0.15) is 18.1 Å². The number of guanidine groups is 1. The lowest BCUT2D eigenvalue weighted by molar-refractivity contribution is -0.142. The standard InChI is InChI=1S/C35H54N8O12/c36-34(37)40-21-22-13-15-23(16-14-22)30(48)39-20-8-6-9-24(31(49)50)41-28(45)12-4-2-1-3-11-27(44)38-19-7-5-10-25(32(51)52)42-35(55)43-26(33(53)54)17-18-29(46)47/h13-16,24-26H,1-12,17-21H2,(H,38,44)(H,39,48)(H,41,45)(H,46,47)(H,49,50)(H,51,52)(H,53,54)(H4,36,37,40)(H2,42,43,55)/t24?,25?,26-/m0/s1. The number of carbonyl (C=O) groups excluding carboxylic acids is 4. The Labute approximate surface area is 318 Å². The van der Waals surface area contributed by atoms with Crippen LogP contribution in [0.4, 0.5) is 4.79 Å². The summed E-state index contributed by atoms with van der Waals surface area (Å²) in [7, 11) is 0. The van der Waals surface area contributed by atoms with E-state index < -0.39 is 54.5 Å². The Morgan fingerprint density at radius 1 is 0.564 bits per heavy atom. The Kier molecular flexibility index (Phi) is 22.9. The van der Waals surface area contributed by atoms with E-state index in [0.717, 1.165) is 5.56 Å². The number of nitrogens with zero attached hydrogens (tertiary/aromatic N) is 1. The van der Waals surface area contributed by atoms with E-state index in [-0.39, 0.29) is 62.3 Å². The largest absolute Gasteiger partial charge is 0.481 e. The molecule has 1 aromatic rings. The maximum atomic E-state index is 12.4. The summed E-state index contributed by atoms with van der Waals surface area (Å²) in [4.78, 5) is 97.9. The summed E-state index contributed by atoms with van der Waals surface area (Å²) in [5, 5.41) is 49.0. The molecular weight excluding hydrogens is 724 g/mol. The maximum Gasteiger partial charge on any atom is 0.326 e. The number of carbonyl (C=O) groups is 8. The number of urea groups is 1. The van der Waals surface area contributed by atoms with Crippen molar-refractivity contribution in [3.63, 3.8) is 0 Å². The van der Waals surface area contributed by atoms with Gasteiger partial charge in [0, 0.05) is 37.9 Å². The van der Waals surface area contributed by atoms with Gasteiger partial charge in [0.2, 0.25) is 11.8 Å². The predicted octanol–water partition coefficient (Wildman–Crippen LogP) is 0.627. The molecule has 55 heavy (non-hydrogen) atoms. The first-order valence-corrected chi connectivity index (χ1v) is 18.0. The molecule has 1 aromatic carbocycles. The van der Waals surface area contributed by atoms with E-state index in [1.165, 1.54) is 0 Å². The predicted molar refractivity (Wildman–Crippen MR) is 198 cm³/mol. The number of amides is 5. The van der Waals surface area contributed by atoms with Crippen LogP contribution in [0.15, 0.2) is 29.3 Å². The smallest absolute Gasteiger partial charge is 0.326 e. The maximum absolute atomic E-state index is 12.4. The molecule has 0 saturated heterocycles. The summed E-state index contributed by atoms with van der Waals surface area (Å²) >= 11 is 0. The second-order valence-corrected chi connectivity index (χ2v) is 12.7. The Bertz CT molecular complexity index is 1470. The van der Waals surface area contributed by atoms with Gasteiger partial charge in [0.15, 0.2) is 5.96 Å². The van der Waals surface area contributed by atoms with E-state index in [2.05, 4.69) is 31.6 Å². The van der Waals surface area contributed by atoms with Gasteiger partial charge in [-0.2, -0.15) is 0 Å². The molecule has 5 amide bonds. The van der Waals surface area contributed by atoms with Crippen LogP contribution in [0, 0.1) is 0 Å². The molecule has 3 atom stereocenters. The highest BCUT2D eigenvalue weighted by Gasteiger charge is 2.25. The van der Waals surface area contributed by atoms with Gasteiger partial charge < -0.3 is 58.5 Å². The molecule has 13 N–H and O–H groups in total. The average molecular weight is 779 g/mol. The van der Waals surface area contributed by atoms with Gasteiger partial charge >= 0.3 is 29.9 Å². The fourth-order valence-electron chi connectivity index (χ4n) is 5.10. The van der Waals surface area contributed by atoms with Crippen molar-refractivity contribution in [2.24, 2.45) is 16.5 Å². The number of carboxylic acid groups (broad SMARTS) is 4. The van der Waals surface area contributed by atoms with Crippen molar-refractivity contribution < 1.29 is 58.8 Å². The monoisotopic (exact) mass is 778 g/mol. The van der Waals surface area contributed by atoms with Crippen molar-refractivity contribution in [1.29, 1.82) is 0 Å². The molecule has 0 aliphatic rings. The van der Waals surface area contributed by atoms with Crippen LogP contribution < -0.4 is 38.1 Å². The number of nitrogens with two attached hydrogens (primary N) is 2. The Hall–Kier alpha value is -5.95. The summed E-state index contributed by atoms with van der Waals surface area (Å²) in [6.07, 6.45) is 3.82. The normalized spacial score (nSPS) is 12.2. The van der Waals surface area contributed by atoms with Crippen molar-refractivity contribution in [3.05, 3.63) is 35.4 Å². The van der Waals surface area contributed by atoms with Gasteiger partial charge in [-0.15, -0.1) is 0 Å². The third-order valence-electron chi connectivity index (χ3n) is 8.15. The lowest BCUT2D eigenvalue weighted by atomic mass is 10.1. The lowest BCUT2D eigenvalue weighted by Crippen LogP contribution is -2.51. The molecule has 0 aliphatic heterocycles. The molecule has 0 aliphatic carbocycles. The summed E-state index contributed by atoms with van der Waals surface area (Å²) in [6.45, 7) is 0.902. The summed E-state index contributed by atoms with van der Waals surface area (Å²) < 4.78 is 0.